The van der Waals surface area contributed by atoms with Crippen LogP contribution in [0.3, 0.4) is 0 Å². The number of carbonyl (C=O) groups is 1. The van der Waals surface area contributed by atoms with Crippen LogP contribution in [0.1, 0.15) is 17.5 Å². The molecule has 0 radical (unpaired) electrons. The van der Waals surface area contributed by atoms with Crippen LogP contribution in [0.4, 0.5) is 0 Å². The van der Waals surface area contributed by atoms with Crippen LogP contribution in [0.2, 0.25) is 0 Å². The maximum atomic E-state index is 12.3. The molecule has 1 aromatic heterocycles. The van der Waals surface area contributed by atoms with E-state index in [-0.39, 0.29) is 18.4 Å². The Kier molecular flexibility index (Phi) is 4.76. The van der Waals surface area contributed by atoms with Crippen LogP contribution >= 0.6 is 0 Å². The van der Waals surface area contributed by atoms with Gasteiger partial charge < -0.3 is 10.0 Å². The zero-order valence-corrected chi connectivity index (χ0v) is 13.4. The van der Waals surface area contributed by atoms with Crippen LogP contribution in [-0.2, 0) is 17.8 Å². The van der Waals surface area contributed by atoms with Gasteiger partial charge in [-0.3, -0.25) is 9.48 Å². The first-order valence-corrected chi connectivity index (χ1v) is 8.11. The van der Waals surface area contributed by atoms with E-state index in [9.17, 15) is 9.90 Å². The predicted molar refractivity (Wildman–Crippen MR) is 87.8 cm³/mol. The predicted octanol–water partition coefficient (Wildman–Crippen LogP) is 1.64. The lowest BCUT2D eigenvalue weighted by atomic mass is 9.86. The van der Waals surface area contributed by atoms with Crippen molar-refractivity contribution >= 4 is 5.91 Å². The average Bonchev–Trinajstić information content (AvgIpc) is 3.04. The smallest absolute Gasteiger partial charge is 0.244 e. The van der Waals surface area contributed by atoms with Gasteiger partial charge >= 0.3 is 0 Å². The van der Waals surface area contributed by atoms with Crippen molar-refractivity contribution in [2.45, 2.75) is 32.4 Å². The molecule has 1 amide bonds. The van der Waals surface area contributed by atoms with Crippen LogP contribution in [0.15, 0.2) is 42.7 Å². The number of likely N-dealkylation sites (tertiary alicyclic amines) is 1. The number of aliphatic hydroxyl groups is 1. The molecule has 0 bridgehead atoms. The van der Waals surface area contributed by atoms with Gasteiger partial charge in [-0.25, -0.2) is 0 Å². The number of amides is 1. The zero-order chi connectivity index (χ0) is 16.2. The lowest BCUT2D eigenvalue weighted by molar-refractivity contribution is -0.136. The van der Waals surface area contributed by atoms with Gasteiger partial charge in [-0.2, -0.15) is 5.10 Å². The molecule has 0 saturated carbocycles. The number of hydrogen-bond donors (Lipinski definition) is 1. The first kappa shape index (κ1) is 15.7. The van der Waals surface area contributed by atoms with E-state index in [2.05, 4.69) is 24.2 Å². The highest BCUT2D eigenvalue weighted by Gasteiger charge is 2.30. The van der Waals surface area contributed by atoms with E-state index >= 15 is 0 Å². The molecule has 1 saturated heterocycles. The molecule has 1 N–H and O–H groups in total. The van der Waals surface area contributed by atoms with Crippen LogP contribution < -0.4 is 0 Å². The standard InChI is InChI=1S/C18H23N3O2/c1-14-5-2-3-6-15(14)11-16-7-10-20(12-17(16)22)18(23)13-21-9-4-8-19-21/h2-6,8-9,16-17,22H,7,10-13H2,1H3/t16-,17+/m1/s1. The molecule has 1 fully saturated rings. The molecule has 0 spiro atoms. The normalized spacial score (nSPS) is 21.4. The summed E-state index contributed by atoms with van der Waals surface area (Å²) in [5.74, 6) is 0.229. The van der Waals surface area contributed by atoms with E-state index in [1.807, 2.05) is 12.1 Å². The number of aliphatic hydroxyl groups excluding tert-OH is 1. The second-order valence-corrected chi connectivity index (χ2v) is 6.29. The fraction of sp³-hybridized carbons (Fsp3) is 0.444. The Labute approximate surface area is 136 Å². The van der Waals surface area contributed by atoms with Crippen LogP contribution in [0.25, 0.3) is 0 Å². The fourth-order valence-electron chi connectivity index (χ4n) is 3.20. The van der Waals surface area contributed by atoms with E-state index in [1.54, 1.807) is 28.0 Å². The van der Waals surface area contributed by atoms with Crippen molar-refractivity contribution in [3.05, 3.63) is 53.9 Å². The third-order valence-corrected chi connectivity index (χ3v) is 4.67. The molecule has 23 heavy (non-hydrogen) atoms. The minimum atomic E-state index is -0.468. The molecule has 5 heteroatoms. The molecule has 0 unspecified atom stereocenters. The number of aromatic nitrogens is 2. The SMILES string of the molecule is Cc1ccccc1C[C@H]1CCN(C(=O)Cn2cccn2)C[C@@H]1O. The first-order valence-electron chi connectivity index (χ1n) is 8.11. The number of nitrogens with zero attached hydrogens (tertiary/aromatic N) is 3. The van der Waals surface area contributed by atoms with Gasteiger partial charge in [0, 0.05) is 25.5 Å². The Bertz CT molecular complexity index is 654. The summed E-state index contributed by atoms with van der Waals surface area (Å²) < 4.78 is 1.62. The third kappa shape index (κ3) is 3.79. The summed E-state index contributed by atoms with van der Waals surface area (Å²) >= 11 is 0. The highest BCUT2D eigenvalue weighted by molar-refractivity contribution is 5.76. The summed E-state index contributed by atoms with van der Waals surface area (Å²) in [6, 6.07) is 10.1. The van der Waals surface area contributed by atoms with Crippen LogP contribution in [0, 0.1) is 12.8 Å². The van der Waals surface area contributed by atoms with Gasteiger partial charge in [-0.15, -0.1) is 0 Å². The minimum Gasteiger partial charge on any atom is -0.391 e. The fourth-order valence-corrected chi connectivity index (χ4v) is 3.20. The minimum absolute atomic E-state index is 0.0158. The number of benzene rings is 1. The van der Waals surface area contributed by atoms with Gasteiger partial charge in [0.1, 0.15) is 6.54 Å². The summed E-state index contributed by atoms with van der Waals surface area (Å²) in [5.41, 5.74) is 2.55. The summed E-state index contributed by atoms with van der Waals surface area (Å²) in [5, 5.41) is 14.5. The molecule has 2 atom stereocenters. The van der Waals surface area contributed by atoms with Crippen molar-refractivity contribution in [1.82, 2.24) is 14.7 Å². The topological polar surface area (TPSA) is 58.4 Å². The quantitative estimate of drug-likeness (QED) is 0.933. The van der Waals surface area contributed by atoms with Crippen LogP contribution in [-0.4, -0.2) is 44.9 Å². The van der Waals surface area contributed by atoms with Gasteiger partial charge in [0.15, 0.2) is 0 Å². The van der Waals surface area contributed by atoms with E-state index in [4.69, 9.17) is 0 Å². The Hall–Kier alpha value is -2.14. The van der Waals surface area contributed by atoms with Crippen molar-refractivity contribution < 1.29 is 9.90 Å². The second-order valence-electron chi connectivity index (χ2n) is 6.29. The lowest BCUT2D eigenvalue weighted by Crippen LogP contribution is -2.48. The summed E-state index contributed by atoms with van der Waals surface area (Å²) in [6.45, 7) is 3.46. The van der Waals surface area contributed by atoms with Gasteiger partial charge in [-0.1, -0.05) is 24.3 Å². The van der Waals surface area contributed by atoms with Crippen molar-refractivity contribution in [2.75, 3.05) is 13.1 Å². The molecule has 122 valence electrons. The largest absolute Gasteiger partial charge is 0.391 e. The summed E-state index contributed by atoms with van der Waals surface area (Å²) in [7, 11) is 0. The van der Waals surface area contributed by atoms with Gasteiger partial charge in [0.05, 0.1) is 6.10 Å². The number of hydrogen-bond acceptors (Lipinski definition) is 3. The highest BCUT2D eigenvalue weighted by atomic mass is 16.3. The van der Waals surface area contributed by atoms with E-state index < -0.39 is 6.10 Å². The second kappa shape index (κ2) is 6.96. The maximum Gasteiger partial charge on any atom is 0.244 e. The summed E-state index contributed by atoms with van der Waals surface area (Å²) in [4.78, 5) is 14.0. The summed E-state index contributed by atoms with van der Waals surface area (Å²) in [6.07, 6.45) is 4.68. The average molecular weight is 313 g/mol. The monoisotopic (exact) mass is 313 g/mol. The lowest BCUT2D eigenvalue weighted by Gasteiger charge is -2.36. The number of rotatable bonds is 4. The van der Waals surface area contributed by atoms with E-state index in [1.165, 1.54) is 11.1 Å². The molecule has 0 aliphatic carbocycles. The van der Waals surface area contributed by atoms with E-state index in [0.717, 1.165) is 12.8 Å². The van der Waals surface area contributed by atoms with Crippen molar-refractivity contribution in [3.8, 4) is 0 Å². The van der Waals surface area contributed by atoms with Crippen molar-refractivity contribution in [1.29, 1.82) is 0 Å². The molecule has 1 aromatic carbocycles. The molecule has 1 aliphatic heterocycles. The number of β-amino-alcohol motifs (C(OH)–C–C–N with tert-alkyl or cyclic N) is 1. The highest BCUT2D eigenvalue weighted by Crippen LogP contribution is 2.24. The van der Waals surface area contributed by atoms with Crippen molar-refractivity contribution in [3.63, 3.8) is 0 Å². The Balaban J connectivity index is 1.57. The first-order chi connectivity index (χ1) is 11.1. The molecule has 2 heterocycles. The maximum absolute atomic E-state index is 12.3. The Morgan fingerprint density at radius 1 is 1.35 bits per heavy atom. The number of piperidine rings is 1. The van der Waals surface area contributed by atoms with Crippen molar-refractivity contribution in [2.24, 2.45) is 5.92 Å². The molecule has 1 aliphatic rings. The number of carbonyl (C=O) groups excluding carboxylic acids is 1. The van der Waals surface area contributed by atoms with Gasteiger partial charge in [0.2, 0.25) is 5.91 Å². The van der Waals surface area contributed by atoms with Gasteiger partial charge in [0.25, 0.3) is 0 Å². The molecule has 3 rings (SSSR count). The Morgan fingerprint density at radius 2 is 2.17 bits per heavy atom. The Morgan fingerprint density at radius 3 is 2.87 bits per heavy atom. The van der Waals surface area contributed by atoms with E-state index in [0.29, 0.717) is 13.1 Å². The zero-order valence-electron chi connectivity index (χ0n) is 13.4. The molecular formula is C18H23N3O2. The molecular weight excluding hydrogens is 290 g/mol. The molecule has 5 nitrogen and oxygen atoms in total. The van der Waals surface area contributed by atoms with Crippen LogP contribution in [0.5, 0.6) is 0 Å². The number of aryl methyl sites for hydroxylation is 1. The third-order valence-electron chi connectivity index (χ3n) is 4.67. The van der Waals surface area contributed by atoms with Gasteiger partial charge in [-0.05, 0) is 42.9 Å². The molecule has 2 aromatic rings.